The summed E-state index contributed by atoms with van der Waals surface area (Å²) in [6.45, 7) is 1.09. The first-order valence-electron chi connectivity index (χ1n) is 9.01. The van der Waals surface area contributed by atoms with Crippen molar-refractivity contribution in [3.8, 4) is 5.75 Å². The van der Waals surface area contributed by atoms with Crippen molar-refractivity contribution in [2.45, 2.75) is 6.54 Å². The van der Waals surface area contributed by atoms with Crippen LogP contribution in [0.1, 0.15) is 0 Å². The molecule has 1 aromatic heterocycles. The van der Waals surface area contributed by atoms with Crippen LogP contribution in [0.25, 0.3) is 21.0 Å². The van der Waals surface area contributed by atoms with Crippen LogP contribution in [0.3, 0.4) is 0 Å². The van der Waals surface area contributed by atoms with E-state index in [0.29, 0.717) is 23.7 Å². The highest BCUT2D eigenvalue weighted by molar-refractivity contribution is 7.16. The summed E-state index contributed by atoms with van der Waals surface area (Å²) in [6.07, 6.45) is 0. The summed E-state index contributed by atoms with van der Waals surface area (Å²) < 4.78 is 14.0. The van der Waals surface area contributed by atoms with Gasteiger partial charge in [-0.05, 0) is 35.0 Å². The average molecular weight is 392 g/mol. The minimum absolute atomic E-state index is 0.100. The minimum atomic E-state index is -0.314. The molecule has 0 saturated heterocycles. The second kappa shape index (κ2) is 8.37. The predicted molar refractivity (Wildman–Crippen MR) is 112 cm³/mol. The highest BCUT2D eigenvalue weighted by Gasteiger charge is 2.08. The average Bonchev–Trinajstić information content (AvgIpc) is 3.07. The lowest BCUT2D eigenvalue weighted by Crippen LogP contribution is -2.21. The Morgan fingerprint density at radius 3 is 2.68 bits per heavy atom. The Kier molecular flexibility index (Phi) is 5.50. The molecule has 0 aliphatic carbocycles. The maximum Gasteiger partial charge on any atom is 0.286 e. The van der Waals surface area contributed by atoms with E-state index in [1.165, 1.54) is 11.3 Å². The van der Waals surface area contributed by atoms with Crippen molar-refractivity contribution in [3.63, 3.8) is 0 Å². The molecule has 1 heterocycles. The quantitative estimate of drug-likeness (QED) is 0.498. The molecule has 142 valence electrons. The summed E-state index contributed by atoms with van der Waals surface area (Å²) in [6, 6.07) is 21.8. The molecule has 6 heteroatoms. The SMILES string of the molecule is COCCn1c(=NC(=O)COc2ccc3ccccc3c2)sc2ccccc21. The number of methoxy groups -OCH3 is 1. The number of carbonyl (C=O) groups is 1. The lowest BCUT2D eigenvalue weighted by molar-refractivity contribution is -0.120. The molecule has 0 spiro atoms. The molecule has 0 radical (unpaired) electrons. The highest BCUT2D eigenvalue weighted by atomic mass is 32.1. The van der Waals surface area contributed by atoms with Gasteiger partial charge in [-0.2, -0.15) is 4.99 Å². The normalized spacial score (nSPS) is 12.0. The largest absolute Gasteiger partial charge is 0.484 e. The molecular formula is C22H20N2O3S. The first kappa shape index (κ1) is 18.4. The van der Waals surface area contributed by atoms with E-state index in [-0.39, 0.29) is 12.5 Å². The van der Waals surface area contributed by atoms with Gasteiger partial charge in [0.05, 0.1) is 16.8 Å². The van der Waals surface area contributed by atoms with Gasteiger partial charge in [0, 0.05) is 13.7 Å². The van der Waals surface area contributed by atoms with Gasteiger partial charge >= 0.3 is 0 Å². The standard InChI is InChI=1S/C22H20N2O3S/c1-26-13-12-24-19-8-4-5-9-20(19)28-22(24)23-21(25)15-27-18-11-10-16-6-2-3-7-17(16)14-18/h2-11,14H,12-13,15H2,1H3. The minimum Gasteiger partial charge on any atom is -0.484 e. The fourth-order valence-electron chi connectivity index (χ4n) is 3.05. The van der Waals surface area contributed by atoms with E-state index >= 15 is 0 Å². The van der Waals surface area contributed by atoms with Crippen molar-refractivity contribution < 1.29 is 14.3 Å². The number of hydrogen-bond donors (Lipinski definition) is 0. The maximum atomic E-state index is 12.4. The molecule has 0 aliphatic heterocycles. The molecule has 1 amide bonds. The van der Waals surface area contributed by atoms with Gasteiger partial charge in [0.25, 0.3) is 5.91 Å². The lowest BCUT2D eigenvalue weighted by atomic mass is 10.1. The Labute approximate surface area is 166 Å². The van der Waals surface area contributed by atoms with Gasteiger partial charge in [-0.1, -0.05) is 53.8 Å². The fourth-order valence-corrected chi connectivity index (χ4v) is 4.12. The van der Waals surface area contributed by atoms with Crippen LogP contribution in [0.5, 0.6) is 5.75 Å². The van der Waals surface area contributed by atoms with Crippen molar-refractivity contribution in [2.75, 3.05) is 20.3 Å². The molecule has 3 aromatic carbocycles. The monoisotopic (exact) mass is 392 g/mol. The Morgan fingerprint density at radius 2 is 1.82 bits per heavy atom. The smallest absolute Gasteiger partial charge is 0.286 e. The van der Waals surface area contributed by atoms with Crippen molar-refractivity contribution in [1.82, 2.24) is 4.57 Å². The summed E-state index contributed by atoms with van der Waals surface area (Å²) in [5, 5.41) is 2.21. The van der Waals surface area contributed by atoms with E-state index in [4.69, 9.17) is 9.47 Å². The third-order valence-electron chi connectivity index (χ3n) is 4.41. The number of ether oxygens (including phenoxy) is 2. The summed E-state index contributed by atoms with van der Waals surface area (Å²) in [5.41, 5.74) is 1.05. The van der Waals surface area contributed by atoms with E-state index < -0.39 is 0 Å². The van der Waals surface area contributed by atoms with Crippen LogP contribution in [0.2, 0.25) is 0 Å². The van der Waals surface area contributed by atoms with Gasteiger partial charge in [-0.25, -0.2) is 0 Å². The van der Waals surface area contributed by atoms with Crippen LogP contribution in [0.15, 0.2) is 71.7 Å². The highest BCUT2D eigenvalue weighted by Crippen LogP contribution is 2.20. The number of amides is 1. The van der Waals surface area contributed by atoms with Gasteiger partial charge < -0.3 is 14.0 Å². The van der Waals surface area contributed by atoms with E-state index in [0.717, 1.165) is 21.0 Å². The van der Waals surface area contributed by atoms with Gasteiger partial charge in [-0.15, -0.1) is 0 Å². The second-order valence-corrected chi connectivity index (χ2v) is 7.31. The molecule has 0 unspecified atom stereocenters. The van der Waals surface area contributed by atoms with Gasteiger partial charge in [0.15, 0.2) is 11.4 Å². The Hall–Kier alpha value is -2.96. The predicted octanol–water partition coefficient (Wildman–Crippen LogP) is 4.01. The second-order valence-electron chi connectivity index (χ2n) is 6.30. The Bertz CT molecular complexity index is 1190. The molecule has 0 saturated carbocycles. The number of aromatic nitrogens is 1. The number of para-hydroxylation sites is 1. The number of rotatable bonds is 6. The maximum absolute atomic E-state index is 12.4. The molecule has 0 aliphatic rings. The van der Waals surface area contributed by atoms with Crippen molar-refractivity contribution in [1.29, 1.82) is 0 Å². The zero-order chi connectivity index (χ0) is 19.3. The first-order chi connectivity index (χ1) is 13.7. The number of carbonyl (C=O) groups excluding carboxylic acids is 1. The van der Waals surface area contributed by atoms with Crippen LogP contribution in [-0.2, 0) is 16.1 Å². The number of benzene rings is 3. The van der Waals surface area contributed by atoms with E-state index in [9.17, 15) is 4.79 Å². The Morgan fingerprint density at radius 1 is 1.04 bits per heavy atom. The van der Waals surface area contributed by atoms with Crippen LogP contribution in [-0.4, -0.2) is 30.8 Å². The van der Waals surface area contributed by atoms with Crippen LogP contribution < -0.4 is 9.54 Å². The van der Waals surface area contributed by atoms with Crippen LogP contribution in [0.4, 0.5) is 0 Å². The first-order valence-corrected chi connectivity index (χ1v) is 9.83. The fraction of sp³-hybridized carbons (Fsp3) is 0.182. The molecule has 5 nitrogen and oxygen atoms in total. The molecule has 28 heavy (non-hydrogen) atoms. The summed E-state index contributed by atoms with van der Waals surface area (Å²) >= 11 is 1.49. The molecule has 4 aromatic rings. The zero-order valence-electron chi connectivity index (χ0n) is 15.5. The molecule has 4 rings (SSSR count). The number of hydrogen-bond acceptors (Lipinski definition) is 4. The topological polar surface area (TPSA) is 52.8 Å². The van der Waals surface area contributed by atoms with Crippen LogP contribution >= 0.6 is 11.3 Å². The molecule has 0 bridgehead atoms. The third kappa shape index (κ3) is 3.98. The summed E-state index contributed by atoms with van der Waals surface area (Å²) in [5.74, 6) is 0.344. The zero-order valence-corrected chi connectivity index (χ0v) is 16.3. The summed E-state index contributed by atoms with van der Waals surface area (Å²) in [4.78, 5) is 17.4. The molecule has 0 fully saturated rings. The summed E-state index contributed by atoms with van der Waals surface area (Å²) in [7, 11) is 1.66. The van der Waals surface area contributed by atoms with Crippen molar-refractivity contribution in [2.24, 2.45) is 4.99 Å². The third-order valence-corrected chi connectivity index (χ3v) is 5.47. The molecular weight excluding hydrogens is 372 g/mol. The molecule has 0 atom stereocenters. The number of nitrogens with zero attached hydrogens (tertiary/aromatic N) is 2. The Balaban J connectivity index is 1.55. The van der Waals surface area contributed by atoms with Gasteiger partial charge in [0.1, 0.15) is 5.75 Å². The molecule has 0 N–H and O–H groups in total. The lowest BCUT2D eigenvalue weighted by Gasteiger charge is -2.06. The van der Waals surface area contributed by atoms with E-state index in [1.54, 1.807) is 7.11 Å². The van der Waals surface area contributed by atoms with Gasteiger partial charge in [0.2, 0.25) is 0 Å². The van der Waals surface area contributed by atoms with E-state index in [1.807, 2.05) is 71.3 Å². The number of fused-ring (bicyclic) bond motifs is 2. The number of thiazole rings is 1. The van der Waals surface area contributed by atoms with Gasteiger partial charge in [-0.3, -0.25) is 4.79 Å². The van der Waals surface area contributed by atoms with Crippen LogP contribution in [0, 0.1) is 0 Å². The van der Waals surface area contributed by atoms with E-state index in [2.05, 4.69) is 4.99 Å². The van der Waals surface area contributed by atoms with Crippen molar-refractivity contribution in [3.05, 3.63) is 71.5 Å². The van der Waals surface area contributed by atoms with Crippen molar-refractivity contribution >= 4 is 38.2 Å².